The second-order valence-electron chi connectivity index (χ2n) is 3.28. The average molecular weight is 192 g/mol. The maximum Gasteiger partial charge on any atom is 0.0566 e. The number of pyridine rings is 1. The number of allylic oxidation sites excluding steroid dienone is 1. The van der Waals surface area contributed by atoms with Gasteiger partial charge in [-0.05, 0) is 18.1 Å². The fraction of sp³-hybridized carbons (Fsp3) is 0.300. The first-order chi connectivity index (χ1) is 6.74. The quantitative estimate of drug-likeness (QED) is 0.499. The molecule has 1 aromatic heterocycles. The third-order valence-corrected chi connectivity index (χ3v) is 1.84. The van der Waals surface area contributed by atoms with E-state index in [0.717, 1.165) is 11.4 Å². The number of nitrogens with zero attached hydrogens (tertiary/aromatic N) is 1. The Bertz CT molecular complexity index is 292. The monoisotopic (exact) mass is 192 g/mol. The molecule has 0 radical (unpaired) electrons. The van der Waals surface area contributed by atoms with Crippen LogP contribution in [0, 0.1) is 5.92 Å². The van der Waals surface area contributed by atoms with Crippen LogP contribution in [0.25, 0.3) is 0 Å². The minimum Gasteiger partial charge on any atom is -0.359 e. The van der Waals surface area contributed by atoms with Crippen molar-refractivity contribution in [3.63, 3.8) is 0 Å². The molecule has 0 saturated carbocycles. The van der Waals surface area contributed by atoms with Crippen molar-refractivity contribution < 1.29 is 0 Å². The van der Waals surface area contributed by atoms with Crippen LogP contribution in [0.15, 0.2) is 36.4 Å². The van der Waals surface area contributed by atoms with Gasteiger partial charge in [-0.3, -0.25) is 10.8 Å². The summed E-state index contributed by atoms with van der Waals surface area (Å²) in [5.74, 6) is 5.73. The third kappa shape index (κ3) is 3.06. The van der Waals surface area contributed by atoms with Crippen LogP contribution in [0.5, 0.6) is 0 Å². The van der Waals surface area contributed by atoms with E-state index in [1.165, 1.54) is 0 Å². The van der Waals surface area contributed by atoms with E-state index in [1.54, 1.807) is 12.4 Å². The fourth-order valence-electron chi connectivity index (χ4n) is 0.984. The van der Waals surface area contributed by atoms with Gasteiger partial charge in [0.25, 0.3) is 0 Å². The summed E-state index contributed by atoms with van der Waals surface area (Å²) >= 11 is 0. The Hall–Kier alpha value is -1.55. The number of nitrogens with one attached hydrogen (secondary N) is 2. The van der Waals surface area contributed by atoms with Gasteiger partial charge in [0.1, 0.15) is 0 Å². The highest BCUT2D eigenvalue weighted by atomic mass is 15.2. The molecular weight excluding hydrogens is 176 g/mol. The van der Waals surface area contributed by atoms with E-state index in [9.17, 15) is 0 Å². The van der Waals surface area contributed by atoms with E-state index in [-0.39, 0.29) is 0 Å². The van der Waals surface area contributed by atoms with Crippen LogP contribution in [0.3, 0.4) is 0 Å². The zero-order chi connectivity index (χ0) is 10.4. The standard InChI is InChI=1S/C10H16N4/c1-8(2)10(14-11)7-13-9-4-3-5-12-6-9/h3-8,13-14H,11H2,1-2H3/b10-7-. The van der Waals surface area contributed by atoms with Gasteiger partial charge in [-0.15, -0.1) is 0 Å². The van der Waals surface area contributed by atoms with Gasteiger partial charge < -0.3 is 10.7 Å². The van der Waals surface area contributed by atoms with Crippen LogP contribution in [0.1, 0.15) is 13.8 Å². The predicted octanol–water partition coefficient (Wildman–Crippen LogP) is 1.45. The molecule has 1 rings (SSSR count). The molecule has 1 aromatic rings. The summed E-state index contributed by atoms with van der Waals surface area (Å²) in [6.07, 6.45) is 5.34. The lowest BCUT2D eigenvalue weighted by Crippen LogP contribution is -2.25. The van der Waals surface area contributed by atoms with Gasteiger partial charge in [-0.1, -0.05) is 13.8 Å². The second-order valence-corrected chi connectivity index (χ2v) is 3.28. The lowest BCUT2D eigenvalue weighted by Gasteiger charge is -2.10. The first kappa shape index (κ1) is 10.5. The Balaban J connectivity index is 2.62. The summed E-state index contributed by atoms with van der Waals surface area (Å²) in [6, 6.07) is 3.82. The van der Waals surface area contributed by atoms with Crippen molar-refractivity contribution in [2.45, 2.75) is 13.8 Å². The van der Waals surface area contributed by atoms with Gasteiger partial charge >= 0.3 is 0 Å². The second kappa shape index (κ2) is 5.24. The van der Waals surface area contributed by atoms with Gasteiger partial charge in [-0.2, -0.15) is 0 Å². The average Bonchev–Trinajstić information content (AvgIpc) is 2.20. The number of nitrogens with two attached hydrogens (primary N) is 1. The van der Waals surface area contributed by atoms with E-state index < -0.39 is 0 Å². The molecule has 0 aliphatic carbocycles. The van der Waals surface area contributed by atoms with Crippen molar-refractivity contribution in [3.05, 3.63) is 36.4 Å². The van der Waals surface area contributed by atoms with Crippen molar-refractivity contribution in [1.82, 2.24) is 10.4 Å². The largest absolute Gasteiger partial charge is 0.359 e. The highest BCUT2D eigenvalue weighted by molar-refractivity contribution is 5.43. The predicted molar refractivity (Wildman–Crippen MR) is 58.1 cm³/mol. The summed E-state index contributed by atoms with van der Waals surface area (Å²) in [6.45, 7) is 4.13. The molecule has 0 unspecified atom stereocenters. The van der Waals surface area contributed by atoms with Crippen LogP contribution in [-0.2, 0) is 0 Å². The lowest BCUT2D eigenvalue weighted by atomic mass is 10.1. The van der Waals surface area contributed by atoms with E-state index in [0.29, 0.717) is 5.92 Å². The Morgan fingerprint density at radius 3 is 2.86 bits per heavy atom. The lowest BCUT2D eigenvalue weighted by molar-refractivity contribution is 0.671. The van der Waals surface area contributed by atoms with E-state index in [2.05, 4.69) is 29.6 Å². The topological polar surface area (TPSA) is 63.0 Å². The molecule has 4 N–H and O–H groups in total. The molecule has 0 aliphatic heterocycles. The van der Waals surface area contributed by atoms with Crippen molar-refractivity contribution in [2.75, 3.05) is 5.32 Å². The number of hydrogen-bond donors (Lipinski definition) is 3. The molecule has 1 heterocycles. The highest BCUT2D eigenvalue weighted by Crippen LogP contribution is 2.07. The molecule has 4 nitrogen and oxygen atoms in total. The number of aromatic nitrogens is 1. The number of rotatable bonds is 4. The van der Waals surface area contributed by atoms with Crippen molar-refractivity contribution in [2.24, 2.45) is 11.8 Å². The minimum atomic E-state index is 0.365. The van der Waals surface area contributed by atoms with Crippen LogP contribution in [-0.4, -0.2) is 4.98 Å². The Labute approximate surface area is 84.2 Å². The zero-order valence-electron chi connectivity index (χ0n) is 8.49. The number of anilines is 1. The van der Waals surface area contributed by atoms with Crippen molar-refractivity contribution >= 4 is 5.69 Å². The van der Waals surface area contributed by atoms with Crippen molar-refractivity contribution in [1.29, 1.82) is 0 Å². The van der Waals surface area contributed by atoms with E-state index in [4.69, 9.17) is 5.84 Å². The van der Waals surface area contributed by atoms with Crippen LogP contribution in [0.2, 0.25) is 0 Å². The van der Waals surface area contributed by atoms with E-state index >= 15 is 0 Å². The summed E-state index contributed by atoms with van der Waals surface area (Å²) in [4.78, 5) is 3.99. The Morgan fingerprint density at radius 2 is 2.36 bits per heavy atom. The molecule has 0 saturated heterocycles. The molecule has 0 amide bonds. The molecule has 0 fully saturated rings. The molecule has 0 aromatic carbocycles. The van der Waals surface area contributed by atoms with Crippen molar-refractivity contribution in [3.8, 4) is 0 Å². The number of hydrazine groups is 1. The molecule has 0 spiro atoms. The van der Waals surface area contributed by atoms with Gasteiger partial charge in [0, 0.05) is 18.1 Å². The normalized spacial score (nSPS) is 11.6. The summed E-state index contributed by atoms with van der Waals surface area (Å²) < 4.78 is 0. The minimum absolute atomic E-state index is 0.365. The summed E-state index contributed by atoms with van der Waals surface area (Å²) in [5.41, 5.74) is 4.55. The maximum absolute atomic E-state index is 5.36. The van der Waals surface area contributed by atoms with Gasteiger partial charge in [0.05, 0.1) is 11.9 Å². The summed E-state index contributed by atoms with van der Waals surface area (Å²) in [5, 5.41) is 3.11. The molecule has 0 bridgehead atoms. The third-order valence-electron chi connectivity index (χ3n) is 1.84. The molecule has 0 aliphatic rings. The molecule has 0 atom stereocenters. The Morgan fingerprint density at radius 1 is 1.57 bits per heavy atom. The van der Waals surface area contributed by atoms with E-state index in [1.807, 2.05) is 18.3 Å². The van der Waals surface area contributed by atoms with Gasteiger partial charge in [0.15, 0.2) is 0 Å². The highest BCUT2D eigenvalue weighted by Gasteiger charge is 1.99. The maximum atomic E-state index is 5.36. The van der Waals surface area contributed by atoms with Gasteiger partial charge in [-0.25, -0.2) is 0 Å². The first-order valence-electron chi connectivity index (χ1n) is 4.57. The Kier molecular flexibility index (Phi) is 3.94. The molecule has 14 heavy (non-hydrogen) atoms. The summed E-state index contributed by atoms with van der Waals surface area (Å²) in [7, 11) is 0. The zero-order valence-corrected chi connectivity index (χ0v) is 8.49. The smallest absolute Gasteiger partial charge is 0.0566 e. The van der Waals surface area contributed by atoms with Gasteiger partial charge in [0.2, 0.25) is 0 Å². The molecule has 76 valence electrons. The number of hydrogen-bond acceptors (Lipinski definition) is 4. The molecular formula is C10H16N4. The van der Waals surface area contributed by atoms with Crippen LogP contribution < -0.4 is 16.6 Å². The van der Waals surface area contributed by atoms with Crippen LogP contribution in [0.4, 0.5) is 5.69 Å². The van der Waals surface area contributed by atoms with Crippen LogP contribution >= 0.6 is 0 Å². The first-order valence-corrected chi connectivity index (χ1v) is 4.57. The molecule has 4 heteroatoms. The SMILES string of the molecule is CC(C)/C(=C/Nc1cccnc1)NN. The fourth-order valence-corrected chi connectivity index (χ4v) is 0.984.